The second kappa shape index (κ2) is 13.6. The molecular weight excluding hydrogens is 693 g/mol. The number of aromatic nitrogens is 4. The largest absolute Gasteiger partial charge is 0.309 e. The summed E-state index contributed by atoms with van der Waals surface area (Å²) >= 11 is 0. The van der Waals surface area contributed by atoms with E-state index in [9.17, 15) is 0 Å². The van der Waals surface area contributed by atoms with E-state index < -0.39 is 0 Å². The van der Waals surface area contributed by atoms with Crippen molar-refractivity contribution in [2.75, 3.05) is 0 Å². The minimum Gasteiger partial charge on any atom is -0.309 e. The molecule has 4 nitrogen and oxygen atoms in total. The Morgan fingerprint density at radius 2 is 0.895 bits per heavy atom. The second-order valence-electron chi connectivity index (χ2n) is 14.4. The molecule has 0 radical (unpaired) electrons. The Morgan fingerprint density at radius 3 is 1.58 bits per heavy atom. The topological polar surface area (TPSA) is 43.6 Å². The van der Waals surface area contributed by atoms with Crippen molar-refractivity contribution in [2.24, 2.45) is 0 Å². The molecule has 8 aromatic carbocycles. The average Bonchev–Trinajstić information content (AvgIpc) is 3.63. The quantitative estimate of drug-likeness (QED) is 0.160. The lowest BCUT2D eigenvalue weighted by Crippen LogP contribution is -1.98. The zero-order valence-electron chi connectivity index (χ0n) is 30.9. The number of pyridine rings is 1. The van der Waals surface area contributed by atoms with Crippen molar-refractivity contribution < 1.29 is 0 Å². The van der Waals surface area contributed by atoms with Gasteiger partial charge in [-0.2, -0.15) is 0 Å². The monoisotopic (exact) mass is 726 g/mol. The number of para-hydroxylation sites is 2. The van der Waals surface area contributed by atoms with E-state index in [0.717, 1.165) is 78.0 Å². The Kier molecular flexibility index (Phi) is 7.78. The number of benzene rings is 8. The normalized spacial score (nSPS) is 11.5. The zero-order chi connectivity index (χ0) is 37.7. The van der Waals surface area contributed by atoms with E-state index in [-0.39, 0.29) is 0 Å². The first-order valence-corrected chi connectivity index (χ1v) is 19.3. The summed E-state index contributed by atoms with van der Waals surface area (Å²) < 4.78 is 2.44. The van der Waals surface area contributed by atoms with Crippen molar-refractivity contribution >= 4 is 43.5 Å². The van der Waals surface area contributed by atoms with E-state index in [1.54, 1.807) is 0 Å². The van der Waals surface area contributed by atoms with E-state index in [0.29, 0.717) is 5.82 Å². The maximum Gasteiger partial charge on any atom is 0.161 e. The van der Waals surface area contributed by atoms with Gasteiger partial charge >= 0.3 is 0 Å². The van der Waals surface area contributed by atoms with Crippen LogP contribution in [0.15, 0.2) is 206 Å². The van der Waals surface area contributed by atoms with Gasteiger partial charge in [-0.25, -0.2) is 15.0 Å². The van der Waals surface area contributed by atoms with E-state index in [2.05, 4.69) is 199 Å². The molecule has 0 aliphatic rings. The van der Waals surface area contributed by atoms with Crippen LogP contribution in [0.1, 0.15) is 0 Å². The third-order valence-corrected chi connectivity index (χ3v) is 11.0. The molecule has 0 aliphatic carbocycles. The second-order valence-corrected chi connectivity index (χ2v) is 14.4. The Bertz CT molecular complexity index is 3210. The van der Waals surface area contributed by atoms with Crippen LogP contribution in [0.4, 0.5) is 0 Å². The molecular formula is C53H34N4. The summed E-state index contributed by atoms with van der Waals surface area (Å²) in [7, 11) is 0. The molecule has 0 amide bonds. The molecule has 0 spiro atoms. The lowest BCUT2D eigenvalue weighted by atomic mass is 9.96. The minimum atomic E-state index is 0.688. The summed E-state index contributed by atoms with van der Waals surface area (Å²) in [6, 6.07) is 72.5. The molecule has 4 heteroatoms. The van der Waals surface area contributed by atoms with E-state index >= 15 is 0 Å². The third kappa shape index (κ3) is 5.58. The standard InChI is InChI=1S/C53H34N4/c1-5-17-35(18-6-1)47-34-48(36-19-7-2-8-20-36)56-53(55-47)43-26-14-13-25-40(43)38-29-30-41-42-31-32-45-50(52(42)57(49(41)33-38)39-23-11-4-12-24-39)44-27-15-16-28-46(44)54-51(45)37-21-9-3-10-22-37/h1-34H. The highest BCUT2D eigenvalue weighted by atomic mass is 15.0. The van der Waals surface area contributed by atoms with Crippen molar-refractivity contribution in [2.45, 2.75) is 0 Å². The van der Waals surface area contributed by atoms with Gasteiger partial charge in [0, 0.05) is 54.9 Å². The average molecular weight is 727 g/mol. The molecule has 3 aromatic heterocycles. The zero-order valence-corrected chi connectivity index (χ0v) is 30.9. The Labute approximate surface area is 330 Å². The van der Waals surface area contributed by atoms with Crippen molar-refractivity contribution in [1.82, 2.24) is 19.5 Å². The molecule has 0 N–H and O–H groups in total. The van der Waals surface area contributed by atoms with E-state index in [4.69, 9.17) is 15.0 Å². The highest BCUT2D eigenvalue weighted by Crippen LogP contribution is 2.43. The van der Waals surface area contributed by atoms with Gasteiger partial charge in [0.2, 0.25) is 0 Å². The first-order valence-electron chi connectivity index (χ1n) is 19.3. The molecule has 0 saturated carbocycles. The molecule has 0 aliphatic heterocycles. The van der Waals surface area contributed by atoms with Crippen LogP contribution in [0.3, 0.4) is 0 Å². The molecule has 0 bridgehead atoms. The first kappa shape index (κ1) is 32.7. The highest BCUT2D eigenvalue weighted by molar-refractivity contribution is 6.27. The van der Waals surface area contributed by atoms with Crippen molar-refractivity contribution in [3.8, 4) is 62.0 Å². The van der Waals surface area contributed by atoms with Crippen molar-refractivity contribution in [3.05, 3.63) is 206 Å². The summed E-state index contributed by atoms with van der Waals surface area (Å²) in [5.41, 5.74) is 13.5. The molecule has 0 fully saturated rings. The number of fused-ring (bicyclic) bond motifs is 7. The van der Waals surface area contributed by atoms with Gasteiger partial charge < -0.3 is 4.57 Å². The molecule has 0 atom stereocenters. The lowest BCUT2D eigenvalue weighted by Gasteiger charge is -2.15. The fraction of sp³-hybridized carbons (Fsp3) is 0. The van der Waals surface area contributed by atoms with Gasteiger partial charge in [0.1, 0.15) is 0 Å². The maximum atomic E-state index is 5.26. The van der Waals surface area contributed by atoms with Crippen LogP contribution >= 0.6 is 0 Å². The molecule has 11 rings (SSSR count). The predicted octanol–water partition coefficient (Wildman–Crippen LogP) is 13.6. The van der Waals surface area contributed by atoms with Crippen LogP contribution in [-0.2, 0) is 0 Å². The van der Waals surface area contributed by atoms with Gasteiger partial charge in [-0.05, 0) is 41.5 Å². The third-order valence-electron chi connectivity index (χ3n) is 11.0. The van der Waals surface area contributed by atoms with Crippen LogP contribution in [0.25, 0.3) is 105 Å². The maximum absolute atomic E-state index is 5.26. The molecule has 0 unspecified atom stereocenters. The predicted molar refractivity (Wildman–Crippen MR) is 236 cm³/mol. The van der Waals surface area contributed by atoms with Crippen molar-refractivity contribution in [3.63, 3.8) is 0 Å². The number of rotatable bonds is 6. The Hall–Kier alpha value is -7.69. The first-order chi connectivity index (χ1) is 28.3. The van der Waals surface area contributed by atoms with Gasteiger partial charge in [0.15, 0.2) is 5.82 Å². The smallest absolute Gasteiger partial charge is 0.161 e. The molecule has 57 heavy (non-hydrogen) atoms. The van der Waals surface area contributed by atoms with Crippen LogP contribution in [0.2, 0.25) is 0 Å². The van der Waals surface area contributed by atoms with Crippen molar-refractivity contribution in [1.29, 1.82) is 0 Å². The van der Waals surface area contributed by atoms with Gasteiger partial charge in [0.25, 0.3) is 0 Å². The summed E-state index contributed by atoms with van der Waals surface area (Å²) in [5, 5.41) is 5.84. The summed E-state index contributed by atoms with van der Waals surface area (Å²) in [4.78, 5) is 15.7. The van der Waals surface area contributed by atoms with Gasteiger partial charge in [-0.3, -0.25) is 0 Å². The summed E-state index contributed by atoms with van der Waals surface area (Å²) in [6.45, 7) is 0. The Balaban J connectivity index is 1.19. The molecule has 266 valence electrons. The summed E-state index contributed by atoms with van der Waals surface area (Å²) in [6.07, 6.45) is 0. The Morgan fingerprint density at radius 1 is 0.351 bits per heavy atom. The van der Waals surface area contributed by atoms with Crippen LogP contribution in [0, 0.1) is 0 Å². The van der Waals surface area contributed by atoms with Crippen LogP contribution in [0.5, 0.6) is 0 Å². The number of nitrogens with zero attached hydrogens (tertiary/aromatic N) is 4. The lowest BCUT2D eigenvalue weighted by molar-refractivity contribution is 1.18. The van der Waals surface area contributed by atoms with Crippen LogP contribution < -0.4 is 0 Å². The highest BCUT2D eigenvalue weighted by Gasteiger charge is 2.21. The molecule has 3 heterocycles. The number of hydrogen-bond acceptors (Lipinski definition) is 3. The van der Waals surface area contributed by atoms with E-state index in [1.807, 2.05) is 12.1 Å². The fourth-order valence-electron chi connectivity index (χ4n) is 8.38. The minimum absolute atomic E-state index is 0.688. The molecule has 0 saturated heterocycles. The van der Waals surface area contributed by atoms with Gasteiger partial charge in [-0.15, -0.1) is 0 Å². The van der Waals surface area contributed by atoms with Crippen LogP contribution in [-0.4, -0.2) is 19.5 Å². The van der Waals surface area contributed by atoms with Gasteiger partial charge in [0.05, 0.1) is 33.6 Å². The van der Waals surface area contributed by atoms with Gasteiger partial charge in [-0.1, -0.05) is 176 Å². The van der Waals surface area contributed by atoms with E-state index in [1.165, 1.54) is 21.7 Å². The number of hydrogen-bond donors (Lipinski definition) is 0. The summed E-state index contributed by atoms with van der Waals surface area (Å²) in [5.74, 6) is 0.688. The fourth-order valence-corrected chi connectivity index (χ4v) is 8.38. The molecule has 11 aromatic rings. The SMILES string of the molecule is c1ccc(-c2cc(-c3ccccc3)nc(-c3ccccc3-c3ccc4c5ccc6c(-c7ccccc7)nc7ccccc7c6c5n(-c5ccccc5)c4c3)n2)cc1.